The topological polar surface area (TPSA) is 0 Å². The number of unbranched alkanes of at least 4 members (excludes halogenated alkanes) is 9. The monoisotopic (exact) mass is 1600 g/mol. The standard InChI is InChI=1S/C34H50Ge2.2C16H13.4C4H9.2Hf/c1-25-27(3)33(31-21-15-13-19-29(25)31)35(5,6)23-17-11-9-10-12-18-24-36(7,8)34-28(4)26(2)30-20-14-16-22-32(30)34;2*1-12-10-14-8-5-9-15(16(14)11-12)13-6-3-2-4-7-13;4*1-3-4-2;;/h13-16,19-22,33-34H,9-12,17-18,23-24H2,1-8H3;2*2-11H,1H3;4*1,3-4H2,2H3;;/q;6*-1;;. The van der Waals surface area contributed by atoms with Crippen molar-refractivity contribution >= 4 is 59.2 Å². The molecule has 0 saturated heterocycles. The fourth-order valence-corrected chi connectivity index (χ4v) is 28.7. The van der Waals surface area contributed by atoms with Crippen molar-refractivity contribution in [2.24, 2.45) is 0 Å². The Bertz CT molecular complexity index is 2950. The number of allylic oxidation sites excluding steroid dienone is 4. The molecule has 0 aliphatic heterocycles. The first-order valence-electron chi connectivity index (χ1n) is 32.5. The number of fused-ring (bicyclic) bond motifs is 4. The number of aryl methyl sites for hydroxylation is 2. The van der Waals surface area contributed by atoms with Gasteiger partial charge in [0.1, 0.15) is 0 Å². The van der Waals surface area contributed by atoms with Crippen LogP contribution in [0.4, 0.5) is 0 Å². The summed E-state index contributed by atoms with van der Waals surface area (Å²) < 4.78 is 1.55. The fourth-order valence-electron chi connectivity index (χ4n) is 12.2. The fraction of sp³-hybridized carbons (Fsp3) is 0.390. The van der Waals surface area contributed by atoms with Crippen LogP contribution in [0.3, 0.4) is 0 Å². The molecule has 462 valence electrons. The predicted molar refractivity (Wildman–Crippen MR) is 388 cm³/mol. The quantitative estimate of drug-likeness (QED) is 0.0484. The van der Waals surface area contributed by atoms with E-state index in [1.807, 2.05) is 0 Å². The summed E-state index contributed by atoms with van der Waals surface area (Å²) in [6.45, 7) is 36.7. The van der Waals surface area contributed by atoms with Crippen LogP contribution in [0.25, 0.3) is 54.9 Å². The maximum atomic E-state index is 3.60. The largest absolute Gasteiger partial charge is 0.343 e. The molecule has 0 saturated carbocycles. The van der Waals surface area contributed by atoms with E-state index in [4.69, 9.17) is 0 Å². The Morgan fingerprint density at radius 1 is 0.360 bits per heavy atom. The van der Waals surface area contributed by atoms with Crippen molar-refractivity contribution in [2.45, 2.75) is 202 Å². The molecule has 0 bridgehead atoms. The third kappa shape index (κ3) is 23.6. The van der Waals surface area contributed by atoms with Crippen molar-refractivity contribution in [3.05, 3.63) is 242 Å². The first kappa shape index (κ1) is 78.9. The Kier molecular flexibility index (Phi) is 38.6. The molecule has 0 amide bonds. The first-order valence-corrected chi connectivity index (χ1v) is 46.3. The van der Waals surface area contributed by atoms with Gasteiger partial charge in [-0.25, -0.2) is 0 Å². The van der Waals surface area contributed by atoms with Gasteiger partial charge >= 0.3 is 229 Å². The van der Waals surface area contributed by atoms with Crippen molar-refractivity contribution in [2.75, 3.05) is 0 Å². The second-order valence-electron chi connectivity index (χ2n) is 25.1. The minimum Gasteiger partial charge on any atom is -0.343 e. The van der Waals surface area contributed by atoms with Crippen LogP contribution in [0, 0.1) is 41.5 Å². The molecule has 0 spiro atoms. The number of rotatable bonds is 17. The Labute approximate surface area is 571 Å². The minimum atomic E-state index is -1.92. The van der Waals surface area contributed by atoms with Crippen molar-refractivity contribution in [3.63, 3.8) is 0 Å². The summed E-state index contributed by atoms with van der Waals surface area (Å²) in [6.07, 6.45) is 17.8. The molecule has 2 aliphatic rings. The SMILES string of the molecule is CC1=C(C)[CH]([Ge]([CH3])([CH3])[CH2]CCCCCC[CH2][Ge]([CH3])([CH3])[CH]2C(C)=C(C)c3ccccc32)c2ccccc21.Cc1cc2c(-c3ccccc3)cccc2[cH-]1.Cc1cc2c(-c3ccccc3)cccc2[cH-]1.[CH2-]CCC.[CH2-]CCC.[CH2-]CCC.[CH2-]CCC.[Hf].[Hf]. The molecule has 10 rings (SSSR count). The molecule has 0 N–H and O–H groups in total. The summed E-state index contributed by atoms with van der Waals surface area (Å²) in [4.78, 5) is 0. The normalized spacial score (nSPS) is 13.7. The molecule has 2 atom stereocenters. The number of benzene rings is 6. The zero-order chi connectivity index (χ0) is 61.7. The van der Waals surface area contributed by atoms with Crippen molar-refractivity contribution in [1.82, 2.24) is 0 Å². The van der Waals surface area contributed by atoms with E-state index in [1.165, 1.54) is 141 Å². The van der Waals surface area contributed by atoms with Crippen LogP contribution in [-0.2, 0) is 51.7 Å². The molecular formula is C82H112Ge2Hf2-6. The van der Waals surface area contributed by atoms with Crippen LogP contribution >= 0.6 is 0 Å². The Morgan fingerprint density at radius 2 is 0.640 bits per heavy atom. The van der Waals surface area contributed by atoms with E-state index in [9.17, 15) is 0 Å². The second kappa shape index (κ2) is 42.0. The van der Waals surface area contributed by atoms with Crippen LogP contribution in [0.1, 0.15) is 188 Å². The predicted octanol–water partition coefficient (Wildman–Crippen LogP) is 26.5. The van der Waals surface area contributed by atoms with Crippen LogP contribution in [0.2, 0.25) is 33.5 Å². The molecule has 0 heterocycles. The third-order valence-electron chi connectivity index (χ3n) is 17.2. The van der Waals surface area contributed by atoms with Crippen LogP contribution in [0.5, 0.6) is 0 Å². The number of hydrogen-bond acceptors (Lipinski definition) is 0. The average molecular weight is 1600 g/mol. The molecule has 2 aliphatic carbocycles. The summed E-state index contributed by atoms with van der Waals surface area (Å²) in [5, 5.41) is 8.39. The van der Waals surface area contributed by atoms with Gasteiger partial charge in [-0.2, -0.15) is 37.8 Å². The van der Waals surface area contributed by atoms with Crippen LogP contribution in [0.15, 0.2) is 181 Å². The van der Waals surface area contributed by atoms with Gasteiger partial charge in [0.2, 0.25) is 0 Å². The summed E-state index contributed by atoms with van der Waals surface area (Å²) >= 11 is -3.84. The smallest absolute Gasteiger partial charge is 0 e. The molecule has 8 aromatic carbocycles. The van der Waals surface area contributed by atoms with Crippen LogP contribution < -0.4 is 0 Å². The molecule has 0 fully saturated rings. The van der Waals surface area contributed by atoms with Crippen molar-refractivity contribution < 1.29 is 51.7 Å². The molecule has 4 heteroatoms. The average Bonchev–Trinajstić information content (AvgIpc) is 2.33. The molecule has 0 radical (unpaired) electrons. The van der Waals surface area contributed by atoms with E-state index in [2.05, 4.69) is 290 Å². The van der Waals surface area contributed by atoms with E-state index in [0.717, 1.165) is 35.2 Å². The van der Waals surface area contributed by atoms with Gasteiger partial charge in [-0.3, -0.25) is 0 Å². The molecular weight excluding hydrogens is 1490 g/mol. The molecule has 0 aromatic heterocycles. The summed E-state index contributed by atoms with van der Waals surface area (Å²) in [7, 11) is 0. The van der Waals surface area contributed by atoms with E-state index in [1.54, 1.807) is 33.4 Å². The Balaban J connectivity index is 0.000000418. The van der Waals surface area contributed by atoms with Gasteiger partial charge in [0, 0.05) is 51.7 Å². The van der Waals surface area contributed by atoms with Gasteiger partial charge in [-0.15, -0.1) is 69.1 Å². The maximum Gasteiger partial charge on any atom is 0 e. The molecule has 8 aromatic rings. The Morgan fingerprint density at radius 3 is 0.953 bits per heavy atom. The van der Waals surface area contributed by atoms with E-state index in [0.29, 0.717) is 0 Å². The molecule has 0 nitrogen and oxygen atoms in total. The van der Waals surface area contributed by atoms with Gasteiger partial charge in [-0.05, 0) is 11.1 Å². The van der Waals surface area contributed by atoms with Gasteiger partial charge in [0.25, 0.3) is 0 Å². The zero-order valence-corrected chi connectivity index (χ0v) is 67.8. The molecule has 2 unspecified atom stereocenters. The first-order chi connectivity index (χ1) is 40.4. The summed E-state index contributed by atoms with van der Waals surface area (Å²) in [6, 6.07) is 61.6. The zero-order valence-electron chi connectivity index (χ0n) is 56.5. The second-order valence-corrected chi connectivity index (χ2v) is 46.3. The summed E-state index contributed by atoms with van der Waals surface area (Å²) in [5.41, 5.74) is 20.7. The van der Waals surface area contributed by atoms with Gasteiger partial charge in [-0.1, -0.05) is 151 Å². The maximum absolute atomic E-state index is 3.60. The van der Waals surface area contributed by atoms with Gasteiger partial charge in [0.05, 0.1) is 0 Å². The van der Waals surface area contributed by atoms with Crippen LogP contribution in [-0.4, -0.2) is 26.5 Å². The third-order valence-corrected chi connectivity index (χ3v) is 33.8. The van der Waals surface area contributed by atoms with E-state index < -0.39 is 26.5 Å². The Hall–Kier alpha value is -3.15. The van der Waals surface area contributed by atoms with E-state index >= 15 is 0 Å². The van der Waals surface area contributed by atoms with E-state index in [-0.39, 0.29) is 51.7 Å². The summed E-state index contributed by atoms with van der Waals surface area (Å²) in [5.74, 6) is 10.8. The van der Waals surface area contributed by atoms with Crippen molar-refractivity contribution in [3.8, 4) is 22.3 Å². The minimum absolute atomic E-state index is 0. The van der Waals surface area contributed by atoms with Gasteiger partial charge < -0.3 is 27.7 Å². The van der Waals surface area contributed by atoms with Crippen molar-refractivity contribution in [1.29, 1.82) is 0 Å². The number of hydrogen-bond donors (Lipinski definition) is 0. The van der Waals surface area contributed by atoms with Gasteiger partial charge in [0.15, 0.2) is 0 Å². The molecule has 86 heavy (non-hydrogen) atoms.